The molecule has 3 saturated heterocycles. The summed E-state index contributed by atoms with van der Waals surface area (Å²) in [4.78, 5) is 30.0. The van der Waals surface area contributed by atoms with E-state index in [9.17, 15) is 18.0 Å². The van der Waals surface area contributed by atoms with Crippen molar-refractivity contribution in [3.05, 3.63) is 18.2 Å². The van der Waals surface area contributed by atoms with E-state index in [1.807, 2.05) is 0 Å². The number of amides is 2. The molecule has 34 heavy (non-hydrogen) atoms. The minimum absolute atomic E-state index is 0.157. The van der Waals surface area contributed by atoms with Crippen LogP contribution < -0.4 is 15.1 Å². The van der Waals surface area contributed by atoms with Crippen LogP contribution in [-0.2, 0) is 29.1 Å². The number of carbonyl (C=O) groups excluding carboxylic acids is 2. The Bertz CT molecular complexity index is 1040. The highest BCUT2D eigenvalue weighted by molar-refractivity contribution is 7.89. The van der Waals surface area contributed by atoms with Crippen molar-refractivity contribution in [2.24, 2.45) is 0 Å². The summed E-state index contributed by atoms with van der Waals surface area (Å²) in [6, 6.07) is 4.66. The minimum atomic E-state index is -3.65. The molecular formula is C23H32N4O6S. The van der Waals surface area contributed by atoms with E-state index < -0.39 is 10.0 Å². The number of carbonyl (C=O) groups is 2. The lowest BCUT2D eigenvalue weighted by Gasteiger charge is -2.45. The molecule has 4 heterocycles. The van der Waals surface area contributed by atoms with Crippen molar-refractivity contribution in [1.29, 1.82) is 0 Å². The molecule has 0 aliphatic carbocycles. The van der Waals surface area contributed by atoms with Crippen LogP contribution in [0.5, 0.6) is 0 Å². The van der Waals surface area contributed by atoms with Crippen LogP contribution in [0.4, 0.5) is 11.4 Å². The van der Waals surface area contributed by atoms with Gasteiger partial charge in [0.25, 0.3) is 0 Å². The summed E-state index contributed by atoms with van der Waals surface area (Å²) in [6.07, 6.45) is 4.12. The lowest BCUT2D eigenvalue weighted by Crippen LogP contribution is -2.57. The predicted octanol–water partition coefficient (Wildman–Crippen LogP) is 0.708. The molecular weight excluding hydrogens is 460 g/mol. The van der Waals surface area contributed by atoms with Gasteiger partial charge in [0, 0.05) is 26.2 Å². The minimum Gasteiger partial charge on any atom is -0.376 e. The number of hydrogen-bond donors (Lipinski definition) is 1. The fraction of sp³-hybridized carbons (Fsp3) is 0.652. The van der Waals surface area contributed by atoms with Gasteiger partial charge in [-0.3, -0.25) is 14.5 Å². The molecule has 11 heteroatoms. The second kappa shape index (κ2) is 9.80. The van der Waals surface area contributed by atoms with Crippen LogP contribution >= 0.6 is 0 Å². The quantitative estimate of drug-likeness (QED) is 0.623. The molecule has 5 rings (SSSR count). The zero-order valence-corrected chi connectivity index (χ0v) is 20.1. The number of piperidine rings is 1. The summed E-state index contributed by atoms with van der Waals surface area (Å²) >= 11 is 0. The van der Waals surface area contributed by atoms with E-state index in [2.05, 4.69) is 10.2 Å². The Hall–Kier alpha value is -2.21. The van der Waals surface area contributed by atoms with Crippen molar-refractivity contribution >= 4 is 33.2 Å². The van der Waals surface area contributed by atoms with E-state index >= 15 is 0 Å². The first kappa shape index (κ1) is 23.5. The summed E-state index contributed by atoms with van der Waals surface area (Å²) in [5.41, 5.74) is 1.29. The second-order valence-corrected chi connectivity index (χ2v) is 11.2. The Morgan fingerprint density at radius 1 is 1.06 bits per heavy atom. The highest BCUT2D eigenvalue weighted by Crippen LogP contribution is 2.41. The number of fused-ring (bicyclic) bond motifs is 3. The molecule has 0 spiro atoms. The number of hydrogen-bond acceptors (Lipinski definition) is 7. The molecule has 0 unspecified atom stereocenters. The Morgan fingerprint density at radius 3 is 2.62 bits per heavy atom. The molecule has 1 aromatic carbocycles. The van der Waals surface area contributed by atoms with E-state index in [-0.39, 0.29) is 35.4 Å². The first-order valence-electron chi connectivity index (χ1n) is 12.1. The van der Waals surface area contributed by atoms with Crippen LogP contribution in [-0.4, -0.2) is 89.2 Å². The van der Waals surface area contributed by atoms with Gasteiger partial charge in [0.05, 0.1) is 42.2 Å². The number of sulfonamides is 1. The normalized spacial score (nSPS) is 25.7. The van der Waals surface area contributed by atoms with Gasteiger partial charge in [0.1, 0.15) is 12.6 Å². The predicted molar refractivity (Wildman–Crippen MR) is 125 cm³/mol. The molecule has 186 valence electrons. The van der Waals surface area contributed by atoms with Crippen LogP contribution in [0.25, 0.3) is 0 Å². The second-order valence-electron chi connectivity index (χ2n) is 9.26. The zero-order valence-electron chi connectivity index (χ0n) is 19.3. The number of nitrogens with zero attached hydrogens (tertiary/aromatic N) is 3. The molecule has 10 nitrogen and oxygen atoms in total. The van der Waals surface area contributed by atoms with Gasteiger partial charge in [0.15, 0.2) is 0 Å². The van der Waals surface area contributed by atoms with Gasteiger partial charge in [0.2, 0.25) is 21.8 Å². The molecule has 3 fully saturated rings. The third-order valence-electron chi connectivity index (χ3n) is 7.02. The molecule has 2 atom stereocenters. The van der Waals surface area contributed by atoms with Gasteiger partial charge >= 0.3 is 0 Å². The average Bonchev–Trinajstić information content (AvgIpc) is 3.42. The van der Waals surface area contributed by atoms with Gasteiger partial charge in [-0.1, -0.05) is 0 Å². The topological polar surface area (TPSA) is 108 Å². The maximum Gasteiger partial charge on any atom is 0.250 e. The van der Waals surface area contributed by atoms with Gasteiger partial charge < -0.3 is 19.7 Å². The van der Waals surface area contributed by atoms with Crippen molar-refractivity contribution in [1.82, 2.24) is 9.62 Å². The van der Waals surface area contributed by atoms with E-state index in [4.69, 9.17) is 9.47 Å². The molecule has 0 aromatic heterocycles. The van der Waals surface area contributed by atoms with Gasteiger partial charge in [-0.25, -0.2) is 8.42 Å². The van der Waals surface area contributed by atoms with E-state index in [1.54, 1.807) is 18.2 Å². The largest absolute Gasteiger partial charge is 0.376 e. The summed E-state index contributed by atoms with van der Waals surface area (Å²) < 4.78 is 38.8. The Morgan fingerprint density at radius 2 is 1.85 bits per heavy atom. The average molecular weight is 493 g/mol. The summed E-state index contributed by atoms with van der Waals surface area (Å²) in [5, 5.41) is 2.83. The monoisotopic (exact) mass is 492 g/mol. The highest BCUT2D eigenvalue weighted by Gasteiger charge is 2.41. The summed E-state index contributed by atoms with van der Waals surface area (Å²) in [5.74, 6) is -0.471. The third-order valence-corrected chi connectivity index (χ3v) is 8.91. The molecule has 2 amide bonds. The fourth-order valence-corrected chi connectivity index (χ4v) is 6.76. The smallest absolute Gasteiger partial charge is 0.250 e. The van der Waals surface area contributed by atoms with Crippen LogP contribution in [0.3, 0.4) is 0 Å². The molecule has 0 saturated carbocycles. The number of ether oxygens (including phenoxy) is 2. The van der Waals surface area contributed by atoms with Gasteiger partial charge in [-0.15, -0.1) is 0 Å². The zero-order chi connectivity index (χ0) is 23.7. The highest BCUT2D eigenvalue weighted by atomic mass is 32.2. The first-order chi connectivity index (χ1) is 16.4. The molecule has 4 aliphatic heterocycles. The number of benzene rings is 1. The Kier molecular flexibility index (Phi) is 6.79. The molecule has 0 radical (unpaired) electrons. The van der Waals surface area contributed by atoms with Crippen molar-refractivity contribution in [2.45, 2.75) is 49.1 Å². The molecule has 1 N–H and O–H groups in total. The molecule has 4 aliphatic rings. The van der Waals surface area contributed by atoms with Crippen LogP contribution in [0, 0.1) is 0 Å². The van der Waals surface area contributed by atoms with Crippen LogP contribution in [0.1, 0.15) is 32.1 Å². The molecule has 0 bridgehead atoms. The summed E-state index contributed by atoms with van der Waals surface area (Å²) in [7, 11) is -3.65. The van der Waals surface area contributed by atoms with E-state index in [0.717, 1.165) is 44.3 Å². The van der Waals surface area contributed by atoms with E-state index in [1.165, 1.54) is 9.21 Å². The standard InChI is InChI=1S/C23H32N4O6S/c28-22(24-14-17-16-32-11-12-33-17)15-27-21-13-18(34(30,31)25-8-3-4-9-25)6-7-19(21)26-10-2-1-5-20(26)23(27)29/h6-7,13,17,20H,1-5,8-12,14-16H2,(H,24,28)/t17-,20-/m0/s1. The SMILES string of the molecule is O=C(CN1C(=O)[C@@H]2CCCCN2c2ccc(S(=O)(=O)N3CCCC3)cc21)NC[C@H]1COCCO1. The fourth-order valence-electron chi connectivity index (χ4n) is 5.22. The third kappa shape index (κ3) is 4.53. The van der Waals surface area contributed by atoms with Crippen molar-refractivity contribution in [3.63, 3.8) is 0 Å². The van der Waals surface area contributed by atoms with Crippen LogP contribution in [0.2, 0.25) is 0 Å². The van der Waals surface area contributed by atoms with Gasteiger partial charge in [-0.2, -0.15) is 4.31 Å². The first-order valence-corrected chi connectivity index (χ1v) is 13.6. The Labute approximate surface area is 200 Å². The van der Waals surface area contributed by atoms with Crippen molar-refractivity contribution in [2.75, 3.05) is 62.3 Å². The van der Waals surface area contributed by atoms with E-state index in [0.29, 0.717) is 45.1 Å². The van der Waals surface area contributed by atoms with Crippen molar-refractivity contribution < 1.29 is 27.5 Å². The number of anilines is 2. The lowest BCUT2D eigenvalue weighted by atomic mass is 9.96. The summed E-state index contributed by atoms with van der Waals surface area (Å²) in [6.45, 7) is 3.33. The number of rotatable bonds is 6. The van der Waals surface area contributed by atoms with Gasteiger partial charge in [-0.05, 0) is 50.3 Å². The Balaban J connectivity index is 1.41. The van der Waals surface area contributed by atoms with Crippen molar-refractivity contribution in [3.8, 4) is 0 Å². The molecule has 1 aromatic rings. The lowest BCUT2D eigenvalue weighted by molar-refractivity contribution is -0.126. The van der Waals surface area contributed by atoms with Crippen LogP contribution in [0.15, 0.2) is 23.1 Å². The number of nitrogens with one attached hydrogen (secondary N) is 1. The maximum absolute atomic E-state index is 13.5. The maximum atomic E-state index is 13.5.